The number of nitrogens with two attached hydrogens (primary N) is 1. The maximum Gasteiger partial charge on any atom is 0.511 e. The maximum atomic E-state index is 11.5. The lowest BCUT2D eigenvalue weighted by atomic mass is 11.6. The largest absolute Gasteiger partial charge is 0.511 e. The number of alkyl halides is 3. The van der Waals surface area contributed by atoms with Gasteiger partial charge in [-0.3, -0.25) is 5.50 Å². The van der Waals surface area contributed by atoms with Crippen molar-refractivity contribution in [3.8, 4) is 0 Å². The molecule has 0 fully saturated rings. The Morgan fingerprint density at radius 3 is 1.92 bits per heavy atom. The number of sulfonamides is 1. The van der Waals surface area contributed by atoms with E-state index in [0.717, 1.165) is 4.49 Å². The van der Waals surface area contributed by atoms with Crippen molar-refractivity contribution in [2.24, 2.45) is 5.50 Å². The topological polar surface area (TPSA) is 92.4 Å². The Kier molecular flexibility index (Phi) is 3.27. The first-order chi connectivity index (χ1) is 4.96. The molecule has 0 bridgehead atoms. The fourth-order valence-electron chi connectivity index (χ4n) is 0.224. The second kappa shape index (κ2) is 3.20. The quantitative estimate of drug-likeness (QED) is 0.575. The lowest BCUT2D eigenvalue weighted by molar-refractivity contribution is -0.0441. The predicted molar refractivity (Wildman–Crippen MR) is 38.8 cm³/mol. The van der Waals surface area contributed by atoms with E-state index in [9.17, 15) is 21.6 Å². The van der Waals surface area contributed by atoms with Gasteiger partial charge < -0.3 is 4.89 Å². The lowest BCUT2D eigenvalue weighted by Gasteiger charge is -2.12. The van der Waals surface area contributed by atoms with Crippen LogP contribution in [-0.2, 0) is 21.8 Å². The van der Waals surface area contributed by atoms with Crippen molar-refractivity contribution < 1.29 is 26.5 Å². The maximum absolute atomic E-state index is 11.5. The van der Waals surface area contributed by atoms with Crippen molar-refractivity contribution >= 4 is 28.4 Å². The van der Waals surface area contributed by atoms with E-state index >= 15 is 0 Å². The highest BCUT2D eigenvalue weighted by atomic mass is 32.5. The van der Waals surface area contributed by atoms with Crippen molar-refractivity contribution in [1.82, 2.24) is 4.49 Å². The van der Waals surface area contributed by atoms with E-state index in [4.69, 9.17) is 4.89 Å². The van der Waals surface area contributed by atoms with Gasteiger partial charge in [-0.25, -0.2) is 8.42 Å². The zero-order valence-electron chi connectivity index (χ0n) is 5.24. The summed E-state index contributed by atoms with van der Waals surface area (Å²) in [7, 11) is -5.64. The van der Waals surface area contributed by atoms with E-state index in [2.05, 4.69) is 17.3 Å². The molecule has 1 unspecified atom stereocenters. The molecule has 5 nitrogen and oxygen atoms in total. The number of hydrogen-bond donors (Lipinski definition) is 3. The molecule has 0 rings (SSSR count). The minimum absolute atomic E-state index is 0.742. The Hall–Kier alpha value is 0.270. The van der Waals surface area contributed by atoms with Gasteiger partial charge in [0.25, 0.3) is 0 Å². The van der Waals surface area contributed by atoms with Crippen molar-refractivity contribution in [3.63, 3.8) is 0 Å². The molecule has 0 saturated carbocycles. The fraction of sp³-hybridized carbons (Fsp3) is 1.00. The summed E-state index contributed by atoms with van der Waals surface area (Å²) >= 11 is 3.86. The number of halogens is 3. The van der Waals surface area contributed by atoms with E-state index in [1.54, 1.807) is 0 Å². The van der Waals surface area contributed by atoms with Crippen molar-refractivity contribution in [2.75, 3.05) is 0 Å². The molecular weight excluding hydrogens is 240 g/mol. The summed E-state index contributed by atoms with van der Waals surface area (Å²) < 4.78 is 55.6. The molecule has 0 spiro atoms. The molecule has 0 aliphatic carbocycles. The van der Waals surface area contributed by atoms with Gasteiger partial charge in [0.2, 0.25) is 6.57 Å². The van der Waals surface area contributed by atoms with Crippen LogP contribution in [0.25, 0.3) is 0 Å². The summed E-state index contributed by atoms with van der Waals surface area (Å²) in [5.74, 6) is 0. The Bertz CT molecular complexity index is 302. The Balaban J connectivity index is 4.83. The molecule has 1 atom stereocenters. The third kappa shape index (κ3) is 3.78. The number of rotatable bonds is 2. The molecule has 12 heavy (non-hydrogen) atoms. The molecular formula is CH4F3N2O3PS2. The second-order valence-corrected chi connectivity index (χ2v) is 6.78. The minimum Gasteiger partial charge on any atom is -0.342 e. The highest BCUT2D eigenvalue weighted by molar-refractivity contribution is 8.14. The molecule has 0 saturated heterocycles. The monoisotopic (exact) mass is 244 g/mol. The molecule has 11 heteroatoms. The number of hydrogen-bond acceptors (Lipinski definition) is 3. The molecule has 0 aromatic carbocycles. The first-order valence-corrected chi connectivity index (χ1v) is 6.48. The van der Waals surface area contributed by atoms with Crippen LogP contribution >= 0.6 is 6.57 Å². The van der Waals surface area contributed by atoms with Crippen molar-refractivity contribution in [3.05, 3.63) is 0 Å². The van der Waals surface area contributed by atoms with Crippen LogP contribution in [0.15, 0.2) is 0 Å². The molecule has 0 aromatic rings. The van der Waals surface area contributed by atoms with Crippen LogP contribution in [0.5, 0.6) is 0 Å². The van der Waals surface area contributed by atoms with E-state index in [1.807, 2.05) is 0 Å². The summed E-state index contributed by atoms with van der Waals surface area (Å²) in [6, 6.07) is 0. The smallest absolute Gasteiger partial charge is 0.342 e. The minimum atomic E-state index is -5.64. The lowest BCUT2D eigenvalue weighted by Crippen LogP contribution is -2.35. The Morgan fingerprint density at radius 1 is 1.50 bits per heavy atom. The molecule has 74 valence electrons. The highest BCUT2D eigenvalue weighted by Crippen LogP contribution is 2.31. The molecule has 0 aliphatic rings. The van der Waals surface area contributed by atoms with Gasteiger partial charge in [-0.05, 0) is 11.8 Å². The van der Waals surface area contributed by atoms with Gasteiger partial charge in [0.15, 0.2) is 0 Å². The Morgan fingerprint density at radius 2 is 1.83 bits per heavy atom. The van der Waals surface area contributed by atoms with Gasteiger partial charge in [-0.1, -0.05) is 0 Å². The van der Waals surface area contributed by atoms with Crippen LogP contribution in [0.3, 0.4) is 0 Å². The van der Waals surface area contributed by atoms with Crippen LogP contribution in [0, 0.1) is 0 Å². The molecule has 0 radical (unpaired) electrons. The normalized spacial score (nSPS) is 18.8. The second-order valence-electron chi connectivity index (χ2n) is 1.66. The van der Waals surface area contributed by atoms with E-state index in [0.29, 0.717) is 0 Å². The molecule has 0 heterocycles. The standard InChI is InChI=1S/CH4F3N2O3PS2/c2-1(3,4)12(8,9)6-10(5,7)11/h(H4,5,6,7,11). The van der Waals surface area contributed by atoms with Crippen LogP contribution in [-0.4, -0.2) is 18.8 Å². The van der Waals surface area contributed by atoms with Crippen LogP contribution in [0.1, 0.15) is 0 Å². The fourth-order valence-corrected chi connectivity index (χ4v) is 2.90. The number of nitrogens with one attached hydrogen (secondary N) is 1. The summed E-state index contributed by atoms with van der Waals surface area (Å²) in [5, 5.41) is 0. The van der Waals surface area contributed by atoms with Gasteiger partial charge >= 0.3 is 15.5 Å². The molecule has 0 amide bonds. The zero-order valence-corrected chi connectivity index (χ0v) is 7.77. The SMILES string of the molecule is NP(O)(=S)NS(=O)(=O)C(F)(F)F. The zero-order chi connectivity index (χ0) is 10.2. The molecule has 0 aliphatic heterocycles. The van der Waals surface area contributed by atoms with Crippen LogP contribution < -0.4 is 10.00 Å². The van der Waals surface area contributed by atoms with E-state index < -0.39 is 22.1 Å². The van der Waals surface area contributed by atoms with Crippen molar-refractivity contribution in [2.45, 2.75) is 5.51 Å². The highest BCUT2D eigenvalue weighted by Gasteiger charge is 2.47. The van der Waals surface area contributed by atoms with Gasteiger partial charge in [0.1, 0.15) is 0 Å². The van der Waals surface area contributed by atoms with Crippen LogP contribution in [0.4, 0.5) is 13.2 Å². The summed E-state index contributed by atoms with van der Waals surface area (Å²) in [5.41, 5.74) is -1.01. The third-order valence-electron chi connectivity index (χ3n) is 0.556. The summed E-state index contributed by atoms with van der Waals surface area (Å²) in [4.78, 5) is 8.43. The van der Waals surface area contributed by atoms with Crippen molar-refractivity contribution in [1.29, 1.82) is 0 Å². The average Bonchev–Trinajstić information content (AvgIpc) is 1.52. The predicted octanol–water partition coefficient (Wildman–Crippen LogP) is -0.399. The van der Waals surface area contributed by atoms with Gasteiger partial charge in [0, 0.05) is 0 Å². The van der Waals surface area contributed by atoms with E-state index in [1.165, 1.54) is 0 Å². The third-order valence-corrected chi connectivity index (χ3v) is 3.84. The summed E-state index contributed by atoms with van der Waals surface area (Å²) in [6.07, 6.45) is 0. The van der Waals surface area contributed by atoms with E-state index in [-0.39, 0.29) is 0 Å². The van der Waals surface area contributed by atoms with Gasteiger partial charge in [-0.2, -0.15) is 13.2 Å². The molecule has 4 N–H and O–H groups in total. The van der Waals surface area contributed by atoms with Gasteiger partial charge in [0.05, 0.1) is 0 Å². The first kappa shape index (κ1) is 12.3. The van der Waals surface area contributed by atoms with Gasteiger partial charge in [-0.15, -0.1) is 4.49 Å². The Labute approximate surface area is 71.0 Å². The first-order valence-electron chi connectivity index (χ1n) is 2.17. The summed E-state index contributed by atoms with van der Waals surface area (Å²) in [6.45, 7) is -4.11. The van der Waals surface area contributed by atoms with Crippen LogP contribution in [0.2, 0.25) is 0 Å². The average molecular weight is 244 g/mol. The molecule has 0 aromatic heterocycles.